The molecule has 0 saturated heterocycles. The van der Waals surface area contributed by atoms with Crippen molar-refractivity contribution in [2.45, 2.75) is 13.8 Å². The molecule has 2 heterocycles. The van der Waals surface area contributed by atoms with Crippen molar-refractivity contribution in [2.24, 2.45) is 0 Å². The Kier molecular flexibility index (Phi) is 4.01. The molecule has 6 heteroatoms. The van der Waals surface area contributed by atoms with Crippen LogP contribution in [0.2, 0.25) is 5.02 Å². The van der Waals surface area contributed by atoms with Gasteiger partial charge in [0.15, 0.2) is 0 Å². The first kappa shape index (κ1) is 16.4. The van der Waals surface area contributed by atoms with Crippen LogP contribution in [-0.2, 0) is 0 Å². The van der Waals surface area contributed by atoms with Gasteiger partial charge in [-0.1, -0.05) is 23.7 Å². The maximum atomic E-state index is 12.7. The largest absolute Gasteiger partial charge is 0.351 e. The van der Waals surface area contributed by atoms with Crippen molar-refractivity contribution in [3.63, 3.8) is 0 Å². The second-order valence-corrected chi connectivity index (χ2v) is 6.66. The second-order valence-electron chi connectivity index (χ2n) is 6.22. The van der Waals surface area contributed by atoms with Crippen molar-refractivity contribution in [3.05, 3.63) is 76.7 Å². The second kappa shape index (κ2) is 6.35. The highest BCUT2D eigenvalue weighted by Crippen LogP contribution is 2.24. The SMILES string of the molecule is Cc1cc(C)n(-c2ccccc2NC(=O)c2cc3cc(Cl)ccc3[nH]2)n1. The summed E-state index contributed by atoms with van der Waals surface area (Å²) in [6.07, 6.45) is 0. The number of hydrogen-bond acceptors (Lipinski definition) is 2. The fourth-order valence-electron chi connectivity index (χ4n) is 3.05. The monoisotopic (exact) mass is 364 g/mol. The van der Waals surface area contributed by atoms with Gasteiger partial charge in [-0.2, -0.15) is 5.10 Å². The van der Waals surface area contributed by atoms with E-state index in [0.29, 0.717) is 16.4 Å². The Hall–Kier alpha value is -3.05. The van der Waals surface area contributed by atoms with Gasteiger partial charge in [0, 0.05) is 21.6 Å². The number of fused-ring (bicyclic) bond motifs is 1. The third-order valence-corrected chi connectivity index (χ3v) is 4.45. The highest BCUT2D eigenvalue weighted by molar-refractivity contribution is 6.31. The molecule has 5 nitrogen and oxygen atoms in total. The number of aromatic amines is 1. The lowest BCUT2D eigenvalue weighted by Crippen LogP contribution is -2.14. The van der Waals surface area contributed by atoms with Crippen molar-refractivity contribution in [1.29, 1.82) is 0 Å². The summed E-state index contributed by atoms with van der Waals surface area (Å²) in [5, 5.41) is 9.02. The molecule has 0 unspecified atom stereocenters. The van der Waals surface area contributed by atoms with Crippen molar-refractivity contribution in [3.8, 4) is 5.69 Å². The van der Waals surface area contributed by atoms with Crippen LogP contribution >= 0.6 is 11.6 Å². The molecule has 0 spiro atoms. The third kappa shape index (κ3) is 2.97. The molecule has 0 fully saturated rings. The maximum absolute atomic E-state index is 12.7. The summed E-state index contributed by atoms with van der Waals surface area (Å²) in [6.45, 7) is 3.93. The van der Waals surface area contributed by atoms with Gasteiger partial charge in [0.1, 0.15) is 5.69 Å². The van der Waals surface area contributed by atoms with Crippen LogP contribution in [0.4, 0.5) is 5.69 Å². The Morgan fingerprint density at radius 2 is 1.92 bits per heavy atom. The van der Waals surface area contributed by atoms with E-state index in [2.05, 4.69) is 15.4 Å². The highest BCUT2D eigenvalue weighted by atomic mass is 35.5. The molecular weight excluding hydrogens is 348 g/mol. The number of H-pyrrole nitrogens is 1. The standard InChI is InChI=1S/C20H17ClN4O/c1-12-9-13(2)25(24-12)19-6-4-3-5-17(19)23-20(26)18-11-14-10-15(21)7-8-16(14)22-18/h3-11,22H,1-2H3,(H,23,26). The number of para-hydroxylation sites is 2. The zero-order chi connectivity index (χ0) is 18.3. The van der Waals surface area contributed by atoms with E-state index in [4.69, 9.17) is 11.6 Å². The first-order valence-electron chi connectivity index (χ1n) is 8.23. The Balaban J connectivity index is 1.68. The first-order valence-corrected chi connectivity index (χ1v) is 8.61. The van der Waals surface area contributed by atoms with E-state index in [1.54, 1.807) is 12.1 Å². The Morgan fingerprint density at radius 1 is 1.12 bits per heavy atom. The quantitative estimate of drug-likeness (QED) is 0.544. The molecule has 130 valence electrons. The fourth-order valence-corrected chi connectivity index (χ4v) is 3.23. The maximum Gasteiger partial charge on any atom is 0.272 e. The summed E-state index contributed by atoms with van der Waals surface area (Å²) in [7, 11) is 0. The van der Waals surface area contributed by atoms with Gasteiger partial charge in [-0.25, -0.2) is 4.68 Å². The van der Waals surface area contributed by atoms with Crippen LogP contribution in [0.5, 0.6) is 0 Å². The van der Waals surface area contributed by atoms with Crippen LogP contribution in [0.3, 0.4) is 0 Å². The zero-order valence-corrected chi connectivity index (χ0v) is 15.1. The van der Waals surface area contributed by atoms with E-state index in [-0.39, 0.29) is 5.91 Å². The summed E-state index contributed by atoms with van der Waals surface area (Å²) < 4.78 is 1.83. The molecule has 0 aliphatic carbocycles. The molecular formula is C20H17ClN4O. The molecule has 2 aromatic heterocycles. The van der Waals surface area contributed by atoms with Crippen molar-refractivity contribution in [1.82, 2.24) is 14.8 Å². The van der Waals surface area contributed by atoms with Gasteiger partial charge in [0.2, 0.25) is 0 Å². The van der Waals surface area contributed by atoms with Gasteiger partial charge in [-0.05, 0) is 56.3 Å². The number of rotatable bonds is 3. The number of nitrogens with one attached hydrogen (secondary N) is 2. The summed E-state index contributed by atoms with van der Waals surface area (Å²) in [4.78, 5) is 15.9. The lowest BCUT2D eigenvalue weighted by atomic mass is 10.2. The van der Waals surface area contributed by atoms with E-state index in [0.717, 1.165) is 28.0 Å². The number of halogens is 1. The number of nitrogens with zero attached hydrogens (tertiary/aromatic N) is 2. The topological polar surface area (TPSA) is 62.7 Å². The molecule has 0 aliphatic rings. The van der Waals surface area contributed by atoms with Gasteiger partial charge >= 0.3 is 0 Å². The molecule has 0 radical (unpaired) electrons. The van der Waals surface area contributed by atoms with Gasteiger partial charge in [-0.3, -0.25) is 4.79 Å². The molecule has 2 N–H and O–H groups in total. The Morgan fingerprint density at radius 3 is 2.69 bits per heavy atom. The number of aryl methyl sites for hydroxylation is 2. The minimum atomic E-state index is -0.216. The number of hydrogen-bond donors (Lipinski definition) is 2. The van der Waals surface area contributed by atoms with Gasteiger partial charge in [0.25, 0.3) is 5.91 Å². The van der Waals surface area contributed by atoms with E-state index < -0.39 is 0 Å². The van der Waals surface area contributed by atoms with E-state index in [1.165, 1.54) is 0 Å². The smallest absolute Gasteiger partial charge is 0.272 e. The number of anilines is 1. The van der Waals surface area contributed by atoms with Crippen LogP contribution in [0.15, 0.2) is 54.6 Å². The number of benzene rings is 2. The molecule has 4 aromatic rings. The highest BCUT2D eigenvalue weighted by Gasteiger charge is 2.14. The average molecular weight is 365 g/mol. The minimum absolute atomic E-state index is 0.216. The van der Waals surface area contributed by atoms with E-state index in [9.17, 15) is 4.79 Å². The summed E-state index contributed by atoms with van der Waals surface area (Å²) >= 11 is 6.02. The lowest BCUT2D eigenvalue weighted by molar-refractivity contribution is 0.102. The summed E-state index contributed by atoms with van der Waals surface area (Å²) in [5.41, 5.74) is 4.79. The number of amides is 1. The van der Waals surface area contributed by atoms with Gasteiger partial charge < -0.3 is 10.3 Å². The fraction of sp³-hybridized carbons (Fsp3) is 0.100. The average Bonchev–Trinajstić information content (AvgIpc) is 3.17. The molecule has 0 aliphatic heterocycles. The number of carbonyl (C=O) groups excluding carboxylic acids is 1. The molecule has 2 aromatic carbocycles. The molecule has 0 atom stereocenters. The van der Waals surface area contributed by atoms with Crippen LogP contribution in [0.1, 0.15) is 21.9 Å². The van der Waals surface area contributed by atoms with Gasteiger partial charge in [0.05, 0.1) is 17.1 Å². The van der Waals surface area contributed by atoms with Crippen molar-refractivity contribution < 1.29 is 4.79 Å². The number of aromatic nitrogens is 3. The zero-order valence-electron chi connectivity index (χ0n) is 14.4. The van der Waals surface area contributed by atoms with Crippen molar-refractivity contribution in [2.75, 3.05) is 5.32 Å². The molecule has 0 bridgehead atoms. The van der Waals surface area contributed by atoms with Crippen LogP contribution in [0, 0.1) is 13.8 Å². The van der Waals surface area contributed by atoms with Crippen LogP contribution < -0.4 is 5.32 Å². The van der Waals surface area contributed by atoms with Crippen LogP contribution in [0.25, 0.3) is 16.6 Å². The predicted octanol–water partition coefficient (Wildman–Crippen LogP) is 4.88. The lowest BCUT2D eigenvalue weighted by Gasteiger charge is -2.12. The molecule has 1 amide bonds. The Bertz CT molecular complexity index is 1130. The summed E-state index contributed by atoms with van der Waals surface area (Å²) in [6, 6.07) is 16.9. The normalized spacial score (nSPS) is 11.0. The third-order valence-electron chi connectivity index (χ3n) is 4.22. The Labute approximate surface area is 155 Å². The minimum Gasteiger partial charge on any atom is -0.351 e. The van der Waals surface area contributed by atoms with E-state index in [1.807, 2.05) is 61.0 Å². The predicted molar refractivity (Wildman–Crippen MR) is 104 cm³/mol. The molecule has 0 saturated carbocycles. The molecule has 26 heavy (non-hydrogen) atoms. The van der Waals surface area contributed by atoms with E-state index >= 15 is 0 Å². The first-order chi connectivity index (χ1) is 12.5. The van der Waals surface area contributed by atoms with Crippen molar-refractivity contribution >= 4 is 34.1 Å². The molecule has 4 rings (SSSR count). The van der Waals surface area contributed by atoms with Gasteiger partial charge in [-0.15, -0.1) is 0 Å². The summed E-state index contributed by atoms with van der Waals surface area (Å²) in [5.74, 6) is -0.216. The number of carbonyl (C=O) groups is 1. The van der Waals surface area contributed by atoms with Crippen LogP contribution in [-0.4, -0.2) is 20.7 Å².